The standard InChI is InChI=1S/C27H34O8/c1-14(2)26(28)35-27(4)12-17-11-18(29-5)22(30-6)24(31-7)21(17)20-16(9-15(27)3)10-19-23(25(20)32-8)34-13-33-19/h10-11,14-15H,9,12-13H2,1-8H3/t15-,27+/m1/s1. The molecule has 35 heavy (non-hydrogen) atoms. The Morgan fingerprint density at radius 3 is 2.20 bits per heavy atom. The second kappa shape index (κ2) is 9.40. The van der Waals surface area contributed by atoms with Crippen molar-refractivity contribution < 1.29 is 38.0 Å². The summed E-state index contributed by atoms with van der Waals surface area (Å²) in [6.45, 7) is 7.87. The molecule has 2 aliphatic rings. The maximum Gasteiger partial charge on any atom is 0.308 e. The van der Waals surface area contributed by atoms with Crippen molar-refractivity contribution in [1.82, 2.24) is 0 Å². The fraction of sp³-hybridized carbons (Fsp3) is 0.519. The number of carbonyl (C=O) groups is 1. The van der Waals surface area contributed by atoms with Crippen LogP contribution < -0.4 is 28.4 Å². The zero-order valence-electron chi connectivity index (χ0n) is 21.7. The largest absolute Gasteiger partial charge is 0.493 e. The van der Waals surface area contributed by atoms with Gasteiger partial charge in [-0.2, -0.15) is 0 Å². The first-order chi connectivity index (χ1) is 16.7. The van der Waals surface area contributed by atoms with Gasteiger partial charge in [0.1, 0.15) is 5.60 Å². The predicted octanol–water partition coefficient (Wildman–Crippen LogP) is 4.81. The van der Waals surface area contributed by atoms with Gasteiger partial charge < -0.3 is 33.2 Å². The Bertz CT molecular complexity index is 1140. The zero-order valence-corrected chi connectivity index (χ0v) is 21.7. The van der Waals surface area contributed by atoms with Crippen LogP contribution in [0.1, 0.15) is 38.8 Å². The molecule has 1 aliphatic carbocycles. The number of fused-ring (bicyclic) bond motifs is 4. The summed E-state index contributed by atoms with van der Waals surface area (Å²) in [6.07, 6.45) is 1.05. The molecule has 0 saturated heterocycles. The highest BCUT2D eigenvalue weighted by molar-refractivity contribution is 5.88. The Labute approximate surface area is 206 Å². The Balaban J connectivity index is 2.07. The van der Waals surface area contributed by atoms with Crippen LogP contribution >= 0.6 is 0 Å². The molecule has 2 aromatic carbocycles. The van der Waals surface area contributed by atoms with Gasteiger partial charge in [0, 0.05) is 23.5 Å². The van der Waals surface area contributed by atoms with Crippen LogP contribution in [0.5, 0.6) is 34.5 Å². The highest BCUT2D eigenvalue weighted by Gasteiger charge is 2.42. The smallest absolute Gasteiger partial charge is 0.308 e. The minimum absolute atomic E-state index is 0.0266. The average molecular weight is 487 g/mol. The van der Waals surface area contributed by atoms with E-state index in [1.54, 1.807) is 28.4 Å². The molecule has 8 nitrogen and oxygen atoms in total. The molecule has 0 spiro atoms. The number of ether oxygens (including phenoxy) is 7. The molecule has 0 radical (unpaired) electrons. The summed E-state index contributed by atoms with van der Waals surface area (Å²) in [5.41, 5.74) is 2.69. The fourth-order valence-corrected chi connectivity index (χ4v) is 4.90. The molecule has 0 unspecified atom stereocenters. The molecule has 1 heterocycles. The van der Waals surface area contributed by atoms with Crippen LogP contribution in [-0.4, -0.2) is 46.8 Å². The normalized spacial score (nSPS) is 20.3. The van der Waals surface area contributed by atoms with E-state index in [1.807, 2.05) is 32.9 Å². The van der Waals surface area contributed by atoms with Crippen molar-refractivity contribution in [3.63, 3.8) is 0 Å². The molecule has 1 aliphatic heterocycles. The number of rotatable bonds is 6. The Kier molecular flexibility index (Phi) is 6.66. The second-order valence-corrected chi connectivity index (χ2v) is 9.53. The summed E-state index contributed by atoms with van der Waals surface area (Å²) in [5.74, 6) is 2.73. The molecule has 2 atom stereocenters. The van der Waals surface area contributed by atoms with Gasteiger partial charge in [-0.15, -0.1) is 0 Å². The monoisotopic (exact) mass is 486 g/mol. The predicted molar refractivity (Wildman–Crippen MR) is 130 cm³/mol. The van der Waals surface area contributed by atoms with Gasteiger partial charge in [-0.25, -0.2) is 0 Å². The Hall–Kier alpha value is -3.29. The van der Waals surface area contributed by atoms with E-state index in [0.717, 1.165) is 22.3 Å². The number of hydrogen-bond acceptors (Lipinski definition) is 8. The van der Waals surface area contributed by atoms with E-state index in [-0.39, 0.29) is 24.6 Å². The van der Waals surface area contributed by atoms with Crippen molar-refractivity contribution in [3.05, 3.63) is 23.3 Å². The summed E-state index contributed by atoms with van der Waals surface area (Å²) in [6, 6.07) is 3.90. The van der Waals surface area contributed by atoms with Crippen molar-refractivity contribution in [1.29, 1.82) is 0 Å². The lowest BCUT2D eigenvalue weighted by Crippen LogP contribution is -2.43. The van der Waals surface area contributed by atoms with Crippen LogP contribution in [-0.2, 0) is 22.4 Å². The number of carbonyl (C=O) groups excluding carboxylic acids is 1. The first kappa shape index (κ1) is 24.8. The van der Waals surface area contributed by atoms with Crippen molar-refractivity contribution in [2.75, 3.05) is 35.2 Å². The topological polar surface area (TPSA) is 81.7 Å². The number of esters is 1. The van der Waals surface area contributed by atoms with Crippen molar-refractivity contribution in [2.24, 2.45) is 11.8 Å². The second-order valence-electron chi connectivity index (χ2n) is 9.53. The third-order valence-corrected chi connectivity index (χ3v) is 6.98. The van der Waals surface area contributed by atoms with Gasteiger partial charge in [0.15, 0.2) is 23.0 Å². The lowest BCUT2D eigenvalue weighted by Gasteiger charge is -2.39. The van der Waals surface area contributed by atoms with Crippen molar-refractivity contribution in [2.45, 2.75) is 46.1 Å². The first-order valence-electron chi connectivity index (χ1n) is 11.7. The van der Waals surface area contributed by atoms with Gasteiger partial charge in [0.25, 0.3) is 0 Å². The van der Waals surface area contributed by atoms with E-state index >= 15 is 0 Å². The average Bonchev–Trinajstić information content (AvgIpc) is 3.29. The van der Waals surface area contributed by atoms with E-state index in [1.165, 1.54) is 0 Å². The van der Waals surface area contributed by atoms with Crippen LogP contribution in [0.15, 0.2) is 12.1 Å². The van der Waals surface area contributed by atoms with Gasteiger partial charge in [-0.05, 0) is 36.6 Å². The summed E-state index contributed by atoms with van der Waals surface area (Å²) in [5, 5.41) is 0. The lowest BCUT2D eigenvalue weighted by molar-refractivity contribution is -0.167. The van der Waals surface area contributed by atoms with Crippen molar-refractivity contribution in [3.8, 4) is 45.6 Å². The molecule has 0 bridgehead atoms. The maximum absolute atomic E-state index is 12.8. The molecule has 0 fully saturated rings. The van der Waals surface area contributed by atoms with Gasteiger partial charge >= 0.3 is 5.97 Å². The highest BCUT2D eigenvalue weighted by Crippen LogP contribution is 2.57. The number of methoxy groups -OCH3 is 4. The summed E-state index contributed by atoms with van der Waals surface area (Å²) in [7, 11) is 6.36. The molecule has 0 aromatic heterocycles. The minimum atomic E-state index is -0.790. The highest BCUT2D eigenvalue weighted by atomic mass is 16.7. The van der Waals surface area contributed by atoms with Gasteiger partial charge in [0.2, 0.25) is 18.3 Å². The van der Waals surface area contributed by atoms with E-state index in [4.69, 9.17) is 33.2 Å². The zero-order chi connectivity index (χ0) is 25.5. The fourth-order valence-electron chi connectivity index (χ4n) is 4.90. The van der Waals surface area contributed by atoms with Crippen molar-refractivity contribution >= 4 is 5.97 Å². The molecular formula is C27H34O8. The van der Waals surface area contributed by atoms with E-state index < -0.39 is 5.60 Å². The molecule has 0 N–H and O–H groups in total. The van der Waals surface area contributed by atoms with Gasteiger partial charge in [0.05, 0.1) is 34.4 Å². The van der Waals surface area contributed by atoms with Crippen LogP contribution in [0.2, 0.25) is 0 Å². The molecule has 0 saturated carbocycles. The molecule has 4 rings (SSSR count). The van der Waals surface area contributed by atoms with Crippen LogP contribution in [0.3, 0.4) is 0 Å². The van der Waals surface area contributed by atoms with Crippen LogP contribution in [0.25, 0.3) is 11.1 Å². The first-order valence-corrected chi connectivity index (χ1v) is 11.7. The van der Waals surface area contributed by atoms with Gasteiger partial charge in [-0.1, -0.05) is 20.8 Å². The summed E-state index contributed by atoms with van der Waals surface area (Å²) >= 11 is 0. The lowest BCUT2D eigenvalue weighted by atomic mass is 9.74. The molecule has 8 heteroatoms. The Morgan fingerprint density at radius 2 is 1.60 bits per heavy atom. The molecule has 190 valence electrons. The summed E-state index contributed by atoms with van der Waals surface area (Å²) < 4.78 is 40.9. The molecule has 2 aromatic rings. The molecular weight excluding hydrogens is 452 g/mol. The maximum atomic E-state index is 12.8. The molecule has 0 amide bonds. The van der Waals surface area contributed by atoms with E-state index in [0.29, 0.717) is 47.3 Å². The van der Waals surface area contributed by atoms with Crippen LogP contribution in [0.4, 0.5) is 0 Å². The third kappa shape index (κ3) is 4.09. The SMILES string of the molecule is COc1cc2c(c(OC)c1OC)-c1c(cc3c(c1OC)OCO3)C[C@@H](C)[C@@](C)(OC(=O)C(C)C)C2. The quantitative estimate of drug-likeness (QED) is 0.538. The third-order valence-electron chi connectivity index (χ3n) is 6.98. The Morgan fingerprint density at radius 1 is 0.943 bits per heavy atom. The minimum Gasteiger partial charge on any atom is -0.493 e. The number of benzene rings is 2. The van der Waals surface area contributed by atoms with E-state index in [2.05, 4.69) is 6.92 Å². The van der Waals surface area contributed by atoms with Gasteiger partial charge in [-0.3, -0.25) is 4.79 Å². The summed E-state index contributed by atoms with van der Waals surface area (Å²) in [4.78, 5) is 12.8. The van der Waals surface area contributed by atoms with Crippen LogP contribution in [0, 0.1) is 11.8 Å². The van der Waals surface area contributed by atoms with E-state index in [9.17, 15) is 4.79 Å². The number of hydrogen-bond donors (Lipinski definition) is 0.